The van der Waals surface area contributed by atoms with E-state index in [-0.39, 0.29) is 16.9 Å². The van der Waals surface area contributed by atoms with Crippen LogP contribution in [0.15, 0.2) is 18.2 Å². The molecule has 1 fully saturated rings. The summed E-state index contributed by atoms with van der Waals surface area (Å²) in [5.74, 6) is -0.985. The van der Waals surface area contributed by atoms with Crippen LogP contribution >= 0.6 is 0 Å². The molecule has 0 bridgehead atoms. The Morgan fingerprint density at radius 3 is 2.72 bits per heavy atom. The monoisotopic (exact) mass is 246 g/mol. The predicted octanol–water partition coefficient (Wildman–Crippen LogP) is 1.92. The van der Waals surface area contributed by atoms with Gasteiger partial charge in [0.15, 0.2) is 0 Å². The Balaban J connectivity index is 2.02. The van der Waals surface area contributed by atoms with Crippen LogP contribution in [0.5, 0.6) is 0 Å². The average Bonchev–Trinajstić information content (AvgIpc) is 2.43. The third-order valence-corrected chi connectivity index (χ3v) is 3.94. The van der Waals surface area contributed by atoms with E-state index in [0.717, 1.165) is 19.3 Å². The van der Waals surface area contributed by atoms with Gasteiger partial charge < -0.3 is 15.7 Å². The highest BCUT2D eigenvalue weighted by molar-refractivity contribution is 6.05. The van der Waals surface area contributed by atoms with E-state index in [1.807, 2.05) is 0 Å². The van der Waals surface area contributed by atoms with Gasteiger partial charge in [-0.2, -0.15) is 0 Å². The Labute approximate surface area is 104 Å². The third-order valence-electron chi connectivity index (χ3n) is 3.94. The zero-order valence-corrected chi connectivity index (χ0v) is 9.82. The molecule has 1 amide bonds. The number of carboxylic acids is 1. The molecular weight excluding hydrogens is 232 g/mol. The van der Waals surface area contributed by atoms with Gasteiger partial charge in [0.2, 0.25) is 5.91 Å². The van der Waals surface area contributed by atoms with Gasteiger partial charge in [-0.25, -0.2) is 4.79 Å². The number of carboxylic acid groups (broad SMARTS) is 1. The minimum atomic E-state index is -0.988. The first kappa shape index (κ1) is 11.1. The quantitative estimate of drug-likeness (QED) is 0.707. The van der Waals surface area contributed by atoms with Crippen molar-refractivity contribution >= 4 is 23.3 Å². The molecule has 94 valence electrons. The zero-order chi connectivity index (χ0) is 12.8. The lowest BCUT2D eigenvalue weighted by atomic mass is 9.68. The van der Waals surface area contributed by atoms with Gasteiger partial charge in [-0.3, -0.25) is 4.79 Å². The van der Waals surface area contributed by atoms with Gasteiger partial charge >= 0.3 is 5.97 Å². The number of rotatable bonds is 1. The molecular formula is C13H14N2O3. The molecule has 5 nitrogen and oxygen atoms in total. The first-order valence-corrected chi connectivity index (χ1v) is 6.04. The number of benzene rings is 1. The van der Waals surface area contributed by atoms with Gasteiger partial charge in [0, 0.05) is 6.54 Å². The first-order valence-electron chi connectivity index (χ1n) is 6.04. The maximum Gasteiger partial charge on any atom is 0.337 e. The minimum Gasteiger partial charge on any atom is -0.478 e. The number of aromatic carboxylic acids is 1. The molecule has 1 aliphatic heterocycles. The van der Waals surface area contributed by atoms with Crippen molar-refractivity contribution in [3.05, 3.63) is 23.8 Å². The highest BCUT2D eigenvalue weighted by atomic mass is 16.4. The summed E-state index contributed by atoms with van der Waals surface area (Å²) in [6, 6.07) is 4.91. The fraction of sp³-hybridized carbons (Fsp3) is 0.385. The van der Waals surface area contributed by atoms with E-state index < -0.39 is 5.97 Å². The molecule has 3 rings (SSSR count). The Morgan fingerprint density at radius 1 is 1.33 bits per heavy atom. The van der Waals surface area contributed by atoms with Crippen molar-refractivity contribution in [2.45, 2.75) is 19.3 Å². The molecule has 0 atom stereocenters. The van der Waals surface area contributed by atoms with Crippen molar-refractivity contribution in [2.75, 3.05) is 17.2 Å². The van der Waals surface area contributed by atoms with Crippen LogP contribution in [0, 0.1) is 5.41 Å². The number of amides is 1. The van der Waals surface area contributed by atoms with E-state index in [2.05, 4.69) is 10.6 Å². The molecule has 0 saturated heterocycles. The van der Waals surface area contributed by atoms with E-state index in [1.165, 1.54) is 0 Å². The van der Waals surface area contributed by atoms with Crippen LogP contribution in [0.1, 0.15) is 29.6 Å². The average molecular weight is 246 g/mol. The normalized spacial score (nSPS) is 20.1. The minimum absolute atomic E-state index is 0.00235. The van der Waals surface area contributed by atoms with Crippen LogP contribution in [-0.4, -0.2) is 23.5 Å². The van der Waals surface area contributed by atoms with Crippen molar-refractivity contribution < 1.29 is 14.7 Å². The Kier molecular flexibility index (Phi) is 2.29. The fourth-order valence-electron chi connectivity index (χ4n) is 2.63. The van der Waals surface area contributed by atoms with E-state index in [4.69, 9.17) is 5.11 Å². The Morgan fingerprint density at radius 2 is 2.11 bits per heavy atom. The number of nitrogens with one attached hydrogen (secondary N) is 2. The number of carbonyl (C=O) groups excluding carboxylic acids is 1. The Bertz CT molecular complexity index is 535. The second-order valence-electron chi connectivity index (χ2n) is 4.97. The highest BCUT2D eigenvalue weighted by Crippen LogP contribution is 2.44. The lowest BCUT2D eigenvalue weighted by Crippen LogP contribution is -2.45. The van der Waals surface area contributed by atoms with Crippen LogP contribution in [0.2, 0.25) is 0 Å². The van der Waals surface area contributed by atoms with Gasteiger partial charge in [0.05, 0.1) is 22.4 Å². The number of hydrogen-bond acceptors (Lipinski definition) is 3. The standard InChI is InChI=1S/C13H14N2O3/c16-11(17)8-3-1-4-9-10(8)14-7-13(5-2-6-13)12(18)15-9/h1,3-4,14H,2,5-7H2,(H,15,18)(H,16,17). The molecule has 18 heavy (non-hydrogen) atoms. The molecule has 1 aromatic carbocycles. The van der Waals surface area contributed by atoms with Gasteiger partial charge in [-0.1, -0.05) is 12.5 Å². The van der Waals surface area contributed by atoms with E-state index in [0.29, 0.717) is 17.9 Å². The third kappa shape index (κ3) is 1.47. The summed E-state index contributed by atoms with van der Waals surface area (Å²) < 4.78 is 0. The molecule has 1 aromatic rings. The number of hydrogen-bond donors (Lipinski definition) is 3. The topological polar surface area (TPSA) is 78.4 Å². The molecule has 0 radical (unpaired) electrons. The molecule has 1 saturated carbocycles. The van der Waals surface area contributed by atoms with Crippen LogP contribution in [0.4, 0.5) is 11.4 Å². The number of fused-ring (bicyclic) bond motifs is 1. The second-order valence-corrected chi connectivity index (χ2v) is 4.97. The summed E-state index contributed by atoms with van der Waals surface area (Å²) in [5.41, 5.74) is 0.921. The van der Waals surface area contributed by atoms with E-state index in [9.17, 15) is 9.59 Å². The van der Waals surface area contributed by atoms with Crippen LogP contribution in [0.25, 0.3) is 0 Å². The van der Waals surface area contributed by atoms with Crippen molar-refractivity contribution in [1.29, 1.82) is 0 Å². The Hall–Kier alpha value is -2.04. The van der Waals surface area contributed by atoms with Crippen molar-refractivity contribution in [2.24, 2.45) is 5.41 Å². The molecule has 0 unspecified atom stereocenters. The van der Waals surface area contributed by atoms with Gasteiger partial charge in [0.25, 0.3) is 0 Å². The van der Waals surface area contributed by atoms with Gasteiger partial charge in [-0.15, -0.1) is 0 Å². The summed E-state index contributed by atoms with van der Waals surface area (Å²) in [5, 5.41) is 15.1. The van der Waals surface area contributed by atoms with Gasteiger partial charge in [-0.05, 0) is 25.0 Å². The zero-order valence-electron chi connectivity index (χ0n) is 9.82. The summed E-state index contributed by atoms with van der Waals surface area (Å²) in [4.78, 5) is 23.3. The fourth-order valence-corrected chi connectivity index (χ4v) is 2.63. The second kappa shape index (κ2) is 3.73. The lowest BCUT2D eigenvalue weighted by molar-refractivity contribution is -0.129. The highest BCUT2D eigenvalue weighted by Gasteiger charge is 2.45. The summed E-state index contributed by atoms with van der Waals surface area (Å²) in [6.45, 7) is 0.510. The maximum absolute atomic E-state index is 12.2. The smallest absolute Gasteiger partial charge is 0.337 e. The summed E-state index contributed by atoms with van der Waals surface area (Å²) in [6.07, 6.45) is 2.78. The SMILES string of the molecule is O=C(O)c1cccc2c1NCC1(CCC1)C(=O)N2. The van der Waals surface area contributed by atoms with Crippen molar-refractivity contribution in [3.8, 4) is 0 Å². The van der Waals surface area contributed by atoms with Crippen molar-refractivity contribution in [1.82, 2.24) is 0 Å². The van der Waals surface area contributed by atoms with E-state index in [1.54, 1.807) is 18.2 Å². The van der Waals surface area contributed by atoms with Crippen molar-refractivity contribution in [3.63, 3.8) is 0 Å². The summed E-state index contributed by atoms with van der Waals surface area (Å²) >= 11 is 0. The van der Waals surface area contributed by atoms with Crippen LogP contribution in [-0.2, 0) is 4.79 Å². The van der Waals surface area contributed by atoms with Crippen LogP contribution < -0.4 is 10.6 Å². The predicted molar refractivity (Wildman–Crippen MR) is 66.8 cm³/mol. The largest absolute Gasteiger partial charge is 0.478 e. The molecule has 0 aromatic heterocycles. The molecule has 2 aliphatic rings. The molecule has 3 N–H and O–H groups in total. The number of para-hydroxylation sites is 1. The molecule has 1 heterocycles. The molecule has 1 aliphatic carbocycles. The van der Waals surface area contributed by atoms with E-state index >= 15 is 0 Å². The maximum atomic E-state index is 12.2. The number of anilines is 2. The number of carbonyl (C=O) groups is 2. The van der Waals surface area contributed by atoms with Gasteiger partial charge in [0.1, 0.15) is 0 Å². The van der Waals surface area contributed by atoms with Crippen LogP contribution in [0.3, 0.4) is 0 Å². The molecule has 5 heteroatoms. The lowest BCUT2D eigenvalue weighted by Gasteiger charge is -2.38. The molecule has 1 spiro atoms. The summed E-state index contributed by atoms with van der Waals surface area (Å²) in [7, 11) is 0. The first-order chi connectivity index (χ1) is 8.62.